The zero-order valence-electron chi connectivity index (χ0n) is 23.5. The van der Waals surface area contributed by atoms with E-state index < -0.39 is 29.3 Å². The third kappa shape index (κ3) is 4.39. The normalized spacial score (nSPS) is 24.8. The Morgan fingerprint density at radius 2 is 1.93 bits per heavy atom. The van der Waals surface area contributed by atoms with Crippen LogP contribution in [0.25, 0.3) is 10.9 Å². The first kappa shape index (κ1) is 28.1. The highest BCUT2D eigenvalue weighted by molar-refractivity contribution is 6.31. The second-order valence-electron chi connectivity index (χ2n) is 11.9. The average Bonchev–Trinajstić information content (AvgIpc) is 3.65. The van der Waals surface area contributed by atoms with E-state index in [1.54, 1.807) is 54.1 Å². The van der Waals surface area contributed by atoms with Crippen molar-refractivity contribution in [3.63, 3.8) is 0 Å². The number of carboxylic acids is 1. The van der Waals surface area contributed by atoms with Gasteiger partial charge in [-0.3, -0.25) is 9.69 Å². The highest BCUT2D eigenvalue weighted by Gasteiger charge is 2.64. The highest BCUT2D eigenvalue weighted by Crippen LogP contribution is 2.57. The maximum absolute atomic E-state index is 16.1. The van der Waals surface area contributed by atoms with Crippen molar-refractivity contribution in [3.05, 3.63) is 87.2 Å². The molecule has 3 aromatic carbocycles. The lowest BCUT2D eigenvalue weighted by Gasteiger charge is -2.39. The first-order chi connectivity index (χ1) is 20.6. The van der Waals surface area contributed by atoms with Gasteiger partial charge in [0.25, 0.3) is 0 Å². The molecule has 3 aliphatic rings. The summed E-state index contributed by atoms with van der Waals surface area (Å²) in [6.45, 7) is 4.43. The van der Waals surface area contributed by atoms with Gasteiger partial charge >= 0.3 is 5.97 Å². The fourth-order valence-corrected chi connectivity index (χ4v) is 7.44. The van der Waals surface area contributed by atoms with Gasteiger partial charge in [-0.2, -0.15) is 5.10 Å². The lowest BCUT2D eigenvalue weighted by Crippen LogP contribution is -2.57. The molecule has 43 heavy (non-hydrogen) atoms. The molecule has 0 bridgehead atoms. The Balaban J connectivity index is 1.45. The van der Waals surface area contributed by atoms with Crippen molar-refractivity contribution in [1.82, 2.24) is 14.7 Å². The molecular formula is C32H29Cl2FN4O4. The number of hydrogen-bond donors (Lipinski definition) is 2. The fraction of sp³-hybridized carbons (Fsp3) is 0.344. The van der Waals surface area contributed by atoms with Gasteiger partial charge < -0.3 is 15.2 Å². The topological polar surface area (TPSA) is 96.7 Å². The Morgan fingerprint density at radius 1 is 1.16 bits per heavy atom. The number of carboxylic acid groups (broad SMARTS) is 1. The minimum Gasteiger partial charge on any atom is -0.478 e. The number of likely N-dealkylation sites (tertiary alicyclic amines) is 1. The van der Waals surface area contributed by atoms with Crippen molar-refractivity contribution in [2.24, 2.45) is 5.92 Å². The van der Waals surface area contributed by atoms with Crippen molar-refractivity contribution >= 4 is 51.7 Å². The van der Waals surface area contributed by atoms with E-state index in [0.717, 1.165) is 12.8 Å². The number of ether oxygens (including phenoxy) is 1. The minimum atomic E-state index is -1.25. The number of benzene rings is 3. The van der Waals surface area contributed by atoms with E-state index in [2.05, 4.69) is 10.2 Å². The summed E-state index contributed by atoms with van der Waals surface area (Å²) < 4.78 is 24.2. The first-order valence-corrected chi connectivity index (χ1v) is 15.0. The van der Waals surface area contributed by atoms with Crippen molar-refractivity contribution in [3.8, 4) is 5.88 Å². The summed E-state index contributed by atoms with van der Waals surface area (Å²) in [4.78, 5) is 28.7. The molecule has 1 amide bonds. The number of rotatable bonds is 6. The molecule has 0 unspecified atom stereocenters. The first-order valence-electron chi connectivity index (χ1n) is 14.2. The van der Waals surface area contributed by atoms with Crippen molar-refractivity contribution in [2.75, 3.05) is 18.5 Å². The van der Waals surface area contributed by atoms with Crippen molar-refractivity contribution < 1.29 is 23.8 Å². The minimum absolute atomic E-state index is 0.0350. The van der Waals surface area contributed by atoms with Crippen LogP contribution in [-0.4, -0.2) is 56.4 Å². The second kappa shape index (κ2) is 10.2. The number of nitrogens with one attached hydrogen (secondary N) is 1. The number of carbonyl (C=O) groups is 2. The lowest BCUT2D eigenvalue weighted by molar-refractivity contribution is -0.127. The quantitative estimate of drug-likeness (QED) is 0.248. The van der Waals surface area contributed by atoms with E-state index in [4.69, 9.17) is 33.0 Å². The molecule has 8 nitrogen and oxygen atoms in total. The molecule has 11 heteroatoms. The number of aromatic nitrogens is 2. The number of amides is 1. The molecule has 4 aromatic rings. The van der Waals surface area contributed by atoms with E-state index in [-0.39, 0.29) is 29.1 Å². The molecule has 2 aliphatic heterocycles. The van der Waals surface area contributed by atoms with Gasteiger partial charge in [-0.1, -0.05) is 41.4 Å². The zero-order chi connectivity index (χ0) is 30.2. The molecule has 2 N–H and O–H groups in total. The van der Waals surface area contributed by atoms with Crippen LogP contribution in [0.15, 0.2) is 54.6 Å². The third-order valence-electron chi connectivity index (χ3n) is 9.33. The molecule has 1 saturated heterocycles. The van der Waals surface area contributed by atoms with E-state index in [0.29, 0.717) is 51.1 Å². The van der Waals surface area contributed by atoms with Crippen LogP contribution in [0, 0.1) is 18.7 Å². The van der Waals surface area contributed by atoms with Gasteiger partial charge in [-0.25, -0.2) is 13.9 Å². The predicted molar refractivity (Wildman–Crippen MR) is 162 cm³/mol. The van der Waals surface area contributed by atoms with E-state index in [9.17, 15) is 14.7 Å². The number of hydrogen-bond acceptors (Lipinski definition) is 5. The Labute approximate surface area is 257 Å². The molecule has 7 rings (SSSR count). The molecule has 4 atom stereocenters. The summed E-state index contributed by atoms with van der Waals surface area (Å²) in [6, 6.07) is 14.1. The van der Waals surface area contributed by atoms with Gasteiger partial charge in [0.05, 0.1) is 33.6 Å². The number of carbonyl (C=O) groups excluding carboxylic acids is 1. The Hall–Kier alpha value is -3.66. The molecular weight excluding hydrogens is 594 g/mol. The maximum Gasteiger partial charge on any atom is 0.335 e. The summed E-state index contributed by atoms with van der Waals surface area (Å²) in [5.74, 6) is -1.86. The highest BCUT2D eigenvalue weighted by atomic mass is 35.5. The standard InChI is InChI=1S/C32H29Cl2FN4O4/c1-16-20(30(40)41)11-12-23-25(16)29-39(37-23)28-24(15-43-29)38(14-17-9-10-17)32(2,26(28)21-7-4-8-22(34)27(21)35)31(42)36-19-6-3-5-18(33)13-19/h3-8,11-13,17,24,26,28H,9-10,14-15H2,1-2H3,(H,36,42)(H,40,41)/t24-,26-,28+,32+/m0/s1. The molecule has 1 aromatic heterocycles. The zero-order valence-corrected chi connectivity index (χ0v) is 25.0. The smallest absolute Gasteiger partial charge is 0.335 e. The molecule has 222 valence electrons. The number of aryl methyl sites for hydroxylation is 1. The summed E-state index contributed by atoms with van der Waals surface area (Å²) >= 11 is 12.6. The summed E-state index contributed by atoms with van der Waals surface area (Å²) in [7, 11) is 0. The van der Waals surface area contributed by atoms with Gasteiger partial charge in [0.15, 0.2) is 0 Å². The molecule has 0 radical (unpaired) electrons. The van der Waals surface area contributed by atoms with Gasteiger partial charge in [-0.15, -0.1) is 0 Å². The molecule has 3 heterocycles. The van der Waals surface area contributed by atoms with Crippen molar-refractivity contribution in [1.29, 1.82) is 0 Å². The summed E-state index contributed by atoms with van der Waals surface area (Å²) in [5.41, 5.74) is 0.831. The fourth-order valence-electron chi connectivity index (χ4n) is 7.06. The number of nitrogens with zero attached hydrogens (tertiary/aromatic N) is 3. The van der Waals surface area contributed by atoms with Crippen LogP contribution in [0.4, 0.5) is 10.1 Å². The van der Waals surface area contributed by atoms with E-state index in [1.165, 1.54) is 12.1 Å². The van der Waals surface area contributed by atoms with Crippen LogP contribution in [0.1, 0.15) is 53.2 Å². The molecule has 1 saturated carbocycles. The number of aromatic carboxylic acids is 1. The Kier molecular flexibility index (Phi) is 6.68. The number of fused-ring (bicyclic) bond motifs is 5. The SMILES string of the molecule is Cc1c(C(=O)O)ccc2nn3c(c12)OC[C@H]1[C@@H]3[C@H](c2cccc(Cl)c2F)[C@](C)(C(=O)Nc2cccc(Cl)c2)N1CC1CC1. The van der Waals surface area contributed by atoms with Crippen LogP contribution in [0.5, 0.6) is 5.88 Å². The van der Waals surface area contributed by atoms with Crippen LogP contribution < -0.4 is 10.1 Å². The van der Waals surface area contributed by atoms with Crippen molar-refractivity contribution in [2.45, 2.75) is 50.2 Å². The summed E-state index contributed by atoms with van der Waals surface area (Å²) in [5, 5.41) is 18.8. The van der Waals surface area contributed by atoms with E-state index >= 15 is 4.39 Å². The average molecular weight is 624 g/mol. The van der Waals surface area contributed by atoms with Gasteiger partial charge in [-0.05, 0) is 80.1 Å². The number of anilines is 1. The molecule has 2 fully saturated rings. The van der Waals surface area contributed by atoms with Gasteiger partial charge in [0.2, 0.25) is 11.8 Å². The van der Waals surface area contributed by atoms with Gasteiger partial charge in [0, 0.05) is 23.2 Å². The van der Waals surface area contributed by atoms with Crippen LogP contribution in [0.3, 0.4) is 0 Å². The molecule has 0 spiro atoms. The second-order valence-corrected chi connectivity index (χ2v) is 12.7. The summed E-state index contributed by atoms with van der Waals surface area (Å²) in [6.07, 6.45) is 2.09. The Morgan fingerprint density at radius 3 is 2.65 bits per heavy atom. The van der Waals surface area contributed by atoms with Crippen LogP contribution >= 0.6 is 23.2 Å². The predicted octanol–water partition coefficient (Wildman–Crippen LogP) is 6.70. The van der Waals surface area contributed by atoms with Crippen LogP contribution in [-0.2, 0) is 4.79 Å². The van der Waals surface area contributed by atoms with E-state index in [1.807, 2.05) is 6.92 Å². The molecule has 1 aliphatic carbocycles. The number of halogens is 3. The largest absolute Gasteiger partial charge is 0.478 e. The third-order valence-corrected chi connectivity index (χ3v) is 9.86. The lowest BCUT2D eigenvalue weighted by atomic mass is 9.77. The maximum atomic E-state index is 16.1. The Bertz CT molecular complexity index is 1810. The van der Waals surface area contributed by atoms with Gasteiger partial charge in [0.1, 0.15) is 18.0 Å². The van der Waals surface area contributed by atoms with Crippen LogP contribution in [0.2, 0.25) is 10.0 Å². The monoisotopic (exact) mass is 622 g/mol.